The molecule has 3 aromatic rings. The van der Waals surface area contributed by atoms with Crippen LogP contribution in [0.15, 0.2) is 84.0 Å². The van der Waals surface area contributed by atoms with Crippen molar-refractivity contribution in [1.29, 1.82) is 0 Å². The van der Waals surface area contributed by atoms with Crippen molar-refractivity contribution in [2.75, 3.05) is 0 Å². The minimum absolute atomic E-state index is 0.277. The second kappa shape index (κ2) is 7.59. The summed E-state index contributed by atoms with van der Waals surface area (Å²) >= 11 is 0. The van der Waals surface area contributed by atoms with Crippen LogP contribution in [0.5, 0.6) is 0 Å². The molecule has 4 nitrogen and oxygen atoms in total. The molecule has 0 N–H and O–H groups in total. The Morgan fingerprint density at radius 2 is 1.48 bits per heavy atom. The summed E-state index contributed by atoms with van der Waals surface area (Å²) in [6.07, 6.45) is 3.38. The van der Waals surface area contributed by atoms with Crippen molar-refractivity contribution in [3.63, 3.8) is 0 Å². The van der Waals surface area contributed by atoms with Crippen LogP contribution >= 0.6 is 0 Å². The molecule has 3 rings (SSSR count). The first kappa shape index (κ1) is 17.3. The van der Waals surface area contributed by atoms with Gasteiger partial charge in [-0.2, -0.15) is 4.31 Å². The number of aryl methyl sites for hydroxylation is 1. The lowest BCUT2D eigenvalue weighted by Gasteiger charge is -2.22. The third-order valence-corrected chi connectivity index (χ3v) is 5.75. The number of rotatable bonds is 6. The number of hydrogen-bond acceptors (Lipinski definition) is 3. The minimum atomic E-state index is -3.61. The molecule has 0 aliphatic rings. The first-order chi connectivity index (χ1) is 12.1. The van der Waals surface area contributed by atoms with Gasteiger partial charge in [0.15, 0.2) is 0 Å². The molecule has 5 heteroatoms. The van der Waals surface area contributed by atoms with Gasteiger partial charge in [0.25, 0.3) is 0 Å². The molecule has 0 amide bonds. The molecule has 0 saturated carbocycles. The van der Waals surface area contributed by atoms with Crippen molar-refractivity contribution >= 4 is 10.0 Å². The zero-order valence-corrected chi connectivity index (χ0v) is 14.9. The highest BCUT2D eigenvalue weighted by atomic mass is 32.2. The van der Waals surface area contributed by atoms with Crippen LogP contribution in [0.4, 0.5) is 0 Å². The summed E-state index contributed by atoms with van der Waals surface area (Å²) in [6, 6.07) is 20.3. The molecule has 0 bridgehead atoms. The summed E-state index contributed by atoms with van der Waals surface area (Å²) in [5.74, 6) is 0. The van der Waals surface area contributed by atoms with Crippen LogP contribution in [-0.4, -0.2) is 17.7 Å². The van der Waals surface area contributed by atoms with E-state index < -0.39 is 10.0 Å². The number of benzene rings is 2. The molecule has 1 heterocycles. The fourth-order valence-electron chi connectivity index (χ4n) is 2.57. The fraction of sp³-hybridized carbons (Fsp3) is 0.150. The van der Waals surface area contributed by atoms with Crippen LogP contribution in [0.25, 0.3) is 0 Å². The monoisotopic (exact) mass is 352 g/mol. The SMILES string of the molecule is Cc1ccc(S(=O)(=O)N(Cc2ccccc2)Cc2cccnc2)cc1. The molecule has 2 aromatic carbocycles. The second-order valence-electron chi connectivity index (χ2n) is 5.93. The van der Waals surface area contributed by atoms with Gasteiger partial charge in [-0.3, -0.25) is 4.98 Å². The third kappa shape index (κ3) is 4.32. The second-order valence-corrected chi connectivity index (χ2v) is 7.87. The lowest BCUT2D eigenvalue weighted by molar-refractivity contribution is 0.400. The number of aromatic nitrogens is 1. The molecule has 0 spiro atoms. The van der Waals surface area contributed by atoms with E-state index in [0.717, 1.165) is 16.7 Å². The molecule has 0 fully saturated rings. The quantitative estimate of drug-likeness (QED) is 0.678. The lowest BCUT2D eigenvalue weighted by atomic mass is 10.2. The van der Waals surface area contributed by atoms with Crippen molar-refractivity contribution in [3.8, 4) is 0 Å². The van der Waals surface area contributed by atoms with E-state index in [1.165, 1.54) is 4.31 Å². The van der Waals surface area contributed by atoms with Gasteiger partial charge >= 0.3 is 0 Å². The van der Waals surface area contributed by atoms with E-state index >= 15 is 0 Å². The Hall–Kier alpha value is -2.50. The molecule has 25 heavy (non-hydrogen) atoms. The van der Waals surface area contributed by atoms with Crippen LogP contribution in [-0.2, 0) is 23.1 Å². The van der Waals surface area contributed by atoms with Gasteiger partial charge in [-0.25, -0.2) is 8.42 Å². The summed E-state index contributed by atoms with van der Waals surface area (Å²) in [5, 5.41) is 0. The molecule has 0 radical (unpaired) electrons. The van der Waals surface area contributed by atoms with Gasteiger partial charge in [0.1, 0.15) is 0 Å². The van der Waals surface area contributed by atoms with Crippen LogP contribution in [0.2, 0.25) is 0 Å². The highest BCUT2D eigenvalue weighted by molar-refractivity contribution is 7.89. The Labute approximate surface area is 148 Å². The lowest BCUT2D eigenvalue weighted by Crippen LogP contribution is -2.30. The van der Waals surface area contributed by atoms with Gasteiger partial charge in [0.2, 0.25) is 10.0 Å². The smallest absolute Gasteiger partial charge is 0.243 e. The predicted molar refractivity (Wildman–Crippen MR) is 98.3 cm³/mol. The Morgan fingerprint density at radius 3 is 2.12 bits per heavy atom. The van der Waals surface area contributed by atoms with Crippen LogP contribution in [0.3, 0.4) is 0 Å². The first-order valence-corrected chi connectivity index (χ1v) is 9.49. The predicted octanol–water partition coefficient (Wildman–Crippen LogP) is 3.78. The summed E-state index contributed by atoms with van der Waals surface area (Å²) < 4.78 is 27.8. The van der Waals surface area contributed by atoms with E-state index in [0.29, 0.717) is 11.4 Å². The molecular weight excluding hydrogens is 332 g/mol. The average Bonchev–Trinajstić information content (AvgIpc) is 2.63. The number of sulfonamides is 1. The van der Waals surface area contributed by atoms with Crippen molar-refractivity contribution in [1.82, 2.24) is 9.29 Å². The van der Waals surface area contributed by atoms with E-state index in [2.05, 4.69) is 4.98 Å². The summed E-state index contributed by atoms with van der Waals surface area (Å²) in [6.45, 7) is 2.53. The topological polar surface area (TPSA) is 50.3 Å². The molecule has 0 aliphatic heterocycles. The van der Waals surface area contributed by atoms with Crippen LogP contribution < -0.4 is 0 Å². The van der Waals surface area contributed by atoms with E-state index in [1.807, 2.05) is 61.5 Å². The Bertz CT molecular complexity index is 867. The van der Waals surface area contributed by atoms with Gasteiger partial charge in [0.05, 0.1) is 4.90 Å². The van der Waals surface area contributed by atoms with Crippen LogP contribution in [0.1, 0.15) is 16.7 Å². The van der Waals surface area contributed by atoms with E-state index in [4.69, 9.17) is 0 Å². The van der Waals surface area contributed by atoms with Gasteiger partial charge in [0, 0.05) is 25.5 Å². The first-order valence-electron chi connectivity index (χ1n) is 8.05. The Morgan fingerprint density at radius 1 is 0.840 bits per heavy atom. The highest BCUT2D eigenvalue weighted by Crippen LogP contribution is 2.21. The maximum Gasteiger partial charge on any atom is 0.243 e. The molecule has 0 atom stereocenters. The molecular formula is C20H20N2O2S. The fourth-order valence-corrected chi connectivity index (χ4v) is 3.98. The Kier molecular flexibility index (Phi) is 5.26. The summed E-state index contributed by atoms with van der Waals surface area (Å²) in [5.41, 5.74) is 2.83. The molecule has 0 unspecified atom stereocenters. The Balaban J connectivity index is 1.95. The maximum atomic E-state index is 13.2. The van der Waals surface area contributed by atoms with Gasteiger partial charge in [-0.15, -0.1) is 0 Å². The average molecular weight is 352 g/mol. The molecule has 1 aromatic heterocycles. The minimum Gasteiger partial charge on any atom is -0.264 e. The largest absolute Gasteiger partial charge is 0.264 e. The van der Waals surface area contributed by atoms with Gasteiger partial charge in [-0.05, 0) is 36.2 Å². The standard InChI is InChI=1S/C20H20N2O2S/c1-17-9-11-20(12-10-17)25(23,24)22(15-18-6-3-2-4-7-18)16-19-8-5-13-21-14-19/h2-14H,15-16H2,1H3. The maximum absolute atomic E-state index is 13.2. The number of hydrogen-bond donors (Lipinski definition) is 0. The van der Waals surface area contributed by atoms with E-state index in [9.17, 15) is 8.42 Å². The van der Waals surface area contributed by atoms with Crippen molar-refractivity contribution < 1.29 is 8.42 Å². The van der Waals surface area contributed by atoms with Gasteiger partial charge < -0.3 is 0 Å². The zero-order valence-electron chi connectivity index (χ0n) is 14.0. The normalized spacial score (nSPS) is 11.6. The van der Waals surface area contributed by atoms with E-state index in [-0.39, 0.29) is 6.54 Å². The molecule has 128 valence electrons. The zero-order chi connectivity index (χ0) is 17.7. The van der Waals surface area contributed by atoms with Crippen molar-refractivity contribution in [3.05, 3.63) is 95.8 Å². The van der Waals surface area contributed by atoms with Gasteiger partial charge in [-0.1, -0.05) is 54.1 Å². The van der Waals surface area contributed by atoms with Crippen molar-refractivity contribution in [2.45, 2.75) is 24.9 Å². The molecule has 0 aliphatic carbocycles. The highest BCUT2D eigenvalue weighted by Gasteiger charge is 2.24. The molecule has 0 saturated heterocycles. The van der Waals surface area contributed by atoms with E-state index in [1.54, 1.807) is 24.5 Å². The summed E-state index contributed by atoms with van der Waals surface area (Å²) in [4.78, 5) is 4.39. The third-order valence-electron chi connectivity index (χ3n) is 3.94. The summed E-state index contributed by atoms with van der Waals surface area (Å²) in [7, 11) is -3.61. The van der Waals surface area contributed by atoms with Crippen molar-refractivity contribution in [2.24, 2.45) is 0 Å². The van der Waals surface area contributed by atoms with Crippen LogP contribution in [0, 0.1) is 6.92 Å². The number of pyridine rings is 1. The number of nitrogens with zero attached hydrogens (tertiary/aromatic N) is 2.